The molecule has 8 aromatic rings. The Morgan fingerprint density at radius 1 is 0.547 bits per heavy atom. The summed E-state index contributed by atoms with van der Waals surface area (Å²) in [6, 6.07) is 25.9. The number of aromatic nitrogens is 6. The lowest BCUT2D eigenvalue weighted by Crippen LogP contribution is -2.37. The van der Waals surface area contributed by atoms with Crippen LogP contribution >= 0.6 is 11.6 Å². The Morgan fingerprint density at radius 3 is 1.40 bits per heavy atom. The maximum absolute atomic E-state index is 13.9. The van der Waals surface area contributed by atoms with E-state index < -0.39 is 0 Å². The Labute approximate surface area is 514 Å². The van der Waals surface area contributed by atoms with E-state index in [9.17, 15) is 19.2 Å². The Bertz CT molecular complexity index is 3790. The summed E-state index contributed by atoms with van der Waals surface area (Å²) >= 11 is 5.52. The van der Waals surface area contributed by atoms with Crippen LogP contribution in [0.25, 0.3) is 22.1 Å². The van der Waals surface area contributed by atoms with E-state index in [1.807, 2.05) is 62.7 Å². The molecule has 0 bridgehead atoms. The van der Waals surface area contributed by atoms with Crippen molar-refractivity contribution < 1.29 is 28.7 Å². The Kier molecular flexibility index (Phi) is 21.7. The second kappa shape index (κ2) is 28.3. The number of methoxy groups -OCH3 is 2. The molecule has 0 fully saturated rings. The largest absolute Gasteiger partial charge is 0.469 e. The summed E-state index contributed by atoms with van der Waals surface area (Å²) in [5, 5.41) is 20.6. The van der Waals surface area contributed by atoms with Crippen molar-refractivity contribution in [2.24, 2.45) is 11.8 Å². The normalized spacial score (nSPS) is 14.1. The van der Waals surface area contributed by atoms with Gasteiger partial charge in [-0.1, -0.05) is 92.4 Å². The van der Waals surface area contributed by atoms with Gasteiger partial charge in [0, 0.05) is 55.7 Å². The van der Waals surface area contributed by atoms with Crippen molar-refractivity contribution in [1.82, 2.24) is 40.2 Å². The first-order chi connectivity index (χ1) is 40.6. The molecule has 14 nitrogen and oxygen atoms in total. The number of esters is 2. The minimum atomic E-state index is -0.368. The quantitative estimate of drug-likeness (QED) is 0.0814. The van der Waals surface area contributed by atoms with Crippen molar-refractivity contribution in [3.63, 3.8) is 0 Å². The number of nitrogens with one attached hydrogen (secondary N) is 1. The second-order valence-electron chi connectivity index (χ2n) is 23.1. The number of amides is 1. The SMILES string of the molecule is C.CCC(C(=O)OC)[C@@H](c1ccc2c(c1)CN(C(=O)c1c(C)c(C)cc(C)c1C)CC2)c1ccc2c(nnn2CC)c1C.CCC(C(=O)OC)[C@@H](c1ccc2c(c1)CNCC2)c1ccc2c(nnn2CC)c1C.Cc1cc(C)c(C)c(C(=O)Cl)c1C. The van der Waals surface area contributed by atoms with Gasteiger partial charge in [-0.05, 0) is 239 Å². The predicted octanol–water partition coefficient (Wildman–Crippen LogP) is 14.2. The summed E-state index contributed by atoms with van der Waals surface area (Å²) < 4.78 is 14.3. The molecular formula is C71H89ClN8O6. The third-order valence-corrected chi connectivity index (χ3v) is 18.6. The smallest absolute Gasteiger partial charge is 0.309 e. The lowest BCUT2D eigenvalue weighted by atomic mass is 9.76. The number of hydrogen-bond donors (Lipinski definition) is 1. The van der Waals surface area contributed by atoms with E-state index in [1.165, 1.54) is 30.9 Å². The van der Waals surface area contributed by atoms with Crippen LogP contribution in [0, 0.1) is 81.1 Å². The van der Waals surface area contributed by atoms with Crippen LogP contribution in [-0.4, -0.2) is 85.3 Å². The molecule has 0 radical (unpaired) electrons. The molecule has 2 aliphatic heterocycles. The molecule has 86 heavy (non-hydrogen) atoms. The van der Waals surface area contributed by atoms with E-state index in [-0.39, 0.29) is 54.2 Å². The van der Waals surface area contributed by atoms with Gasteiger partial charge in [-0.3, -0.25) is 19.2 Å². The summed E-state index contributed by atoms with van der Waals surface area (Å²) in [5.74, 6) is -1.26. The van der Waals surface area contributed by atoms with Crippen LogP contribution in [0.3, 0.4) is 0 Å². The lowest BCUT2D eigenvalue weighted by molar-refractivity contribution is -0.146. The zero-order valence-electron chi connectivity index (χ0n) is 52.8. The first-order valence-corrected chi connectivity index (χ1v) is 30.4. The van der Waals surface area contributed by atoms with E-state index >= 15 is 0 Å². The van der Waals surface area contributed by atoms with Gasteiger partial charge in [0.05, 0.1) is 37.1 Å². The fourth-order valence-corrected chi connectivity index (χ4v) is 13.3. The average molecular weight is 1190 g/mol. The highest BCUT2D eigenvalue weighted by atomic mass is 35.5. The molecule has 2 aromatic heterocycles. The summed E-state index contributed by atoms with van der Waals surface area (Å²) in [4.78, 5) is 53.0. The van der Waals surface area contributed by atoms with Crippen molar-refractivity contribution >= 4 is 56.8 Å². The maximum Gasteiger partial charge on any atom is 0.309 e. The van der Waals surface area contributed by atoms with E-state index in [0.29, 0.717) is 31.5 Å². The molecule has 15 heteroatoms. The zero-order valence-corrected chi connectivity index (χ0v) is 53.5. The number of aryl methyl sites for hydroxylation is 8. The van der Waals surface area contributed by atoms with Gasteiger partial charge in [0.25, 0.3) is 11.1 Å². The molecule has 2 unspecified atom stereocenters. The van der Waals surface area contributed by atoms with Crippen LogP contribution in [-0.2, 0) is 58.1 Å². The van der Waals surface area contributed by atoms with Gasteiger partial charge in [0.15, 0.2) is 0 Å². The van der Waals surface area contributed by atoms with Gasteiger partial charge in [0.1, 0.15) is 11.0 Å². The summed E-state index contributed by atoms with van der Waals surface area (Å²) in [5.41, 5.74) is 25.4. The summed E-state index contributed by atoms with van der Waals surface area (Å²) in [6.45, 7) is 33.0. The molecular weight excluding hydrogens is 1100 g/mol. The van der Waals surface area contributed by atoms with Crippen LogP contribution in [0.15, 0.2) is 72.8 Å². The van der Waals surface area contributed by atoms with Gasteiger partial charge in [-0.15, -0.1) is 10.2 Å². The van der Waals surface area contributed by atoms with Crippen molar-refractivity contribution in [1.29, 1.82) is 0 Å². The molecule has 0 aliphatic carbocycles. The molecule has 456 valence electrons. The molecule has 6 aromatic carbocycles. The number of benzene rings is 6. The number of ether oxygens (including phenoxy) is 2. The maximum atomic E-state index is 13.9. The minimum Gasteiger partial charge on any atom is -0.469 e. The van der Waals surface area contributed by atoms with Crippen molar-refractivity contribution in [3.05, 3.63) is 184 Å². The first-order valence-electron chi connectivity index (χ1n) is 30.0. The third-order valence-electron chi connectivity index (χ3n) is 18.4. The van der Waals surface area contributed by atoms with Crippen LogP contribution in [0.2, 0.25) is 0 Å². The van der Waals surface area contributed by atoms with Gasteiger partial charge < -0.3 is 19.7 Å². The molecule has 0 saturated carbocycles. The lowest BCUT2D eigenvalue weighted by Gasteiger charge is -2.32. The van der Waals surface area contributed by atoms with Crippen molar-refractivity contribution in [2.75, 3.05) is 27.3 Å². The third kappa shape index (κ3) is 13.1. The molecule has 10 rings (SSSR count). The molecule has 1 amide bonds. The number of carbonyl (C=O) groups is 4. The Hall–Kier alpha value is -7.55. The Morgan fingerprint density at radius 2 is 0.977 bits per heavy atom. The monoisotopic (exact) mass is 1180 g/mol. The zero-order chi connectivity index (χ0) is 61.7. The highest BCUT2D eigenvalue weighted by Gasteiger charge is 2.35. The van der Waals surface area contributed by atoms with Crippen molar-refractivity contribution in [3.8, 4) is 0 Å². The van der Waals surface area contributed by atoms with Gasteiger partial charge >= 0.3 is 11.9 Å². The van der Waals surface area contributed by atoms with Gasteiger partial charge in [0.2, 0.25) is 0 Å². The highest BCUT2D eigenvalue weighted by molar-refractivity contribution is 6.68. The minimum absolute atomic E-state index is 0. The number of hydrogen-bond acceptors (Lipinski definition) is 11. The molecule has 0 saturated heterocycles. The van der Waals surface area contributed by atoms with Crippen LogP contribution < -0.4 is 5.32 Å². The number of rotatable bonds is 14. The second-order valence-corrected chi connectivity index (χ2v) is 23.5. The van der Waals surface area contributed by atoms with Gasteiger partial charge in [-0.25, -0.2) is 9.36 Å². The number of carbonyl (C=O) groups excluding carboxylic acids is 4. The molecule has 1 N–H and O–H groups in total. The van der Waals surface area contributed by atoms with E-state index in [2.05, 4.69) is 147 Å². The van der Waals surface area contributed by atoms with E-state index in [4.69, 9.17) is 21.1 Å². The highest BCUT2D eigenvalue weighted by Crippen LogP contribution is 2.42. The fraction of sp³-hybridized carbons (Fsp3) is 0.437. The van der Waals surface area contributed by atoms with Crippen LogP contribution in [0.5, 0.6) is 0 Å². The fourth-order valence-electron chi connectivity index (χ4n) is 13.0. The Balaban J connectivity index is 0.000000208. The van der Waals surface area contributed by atoms with Crippen LogP contribution in [0.4, 0.5) is 0 Å². The van der Waals surface area contributed by atoms with E-state index in [1.54, 1.807) is 0 Å². The molecule has 0 spiro atoms. The first kappa shape index (κ1) is 66.0. The van der Waals surface area contributed by atoms with E-state index in [0.717, 1.165) is 150 Å². The molecule has 4 atom stereocenters. The average Bonchev–Trinajstić information content (AvgIpc) is 1.86. The molecule has 2 aliphatic rings. The van der Waals surface area contributed by atoms with Gasteiger partial charge in [-0.2, -0.15) is 0 Å². The van der Waals surface area contributed by atoms with Crippen LogP contribution in [0.1, 0.15) is 181 Å². The standard InChI is InChI=1S/C35H42N4O3.C24H30N4O2.C11H13ClO.CH4/c1-9-28(35(41)42-8)32(29-13-14-30-33(24(29)7)36-37-39(30)10-2)26-12-11-25-15-16-38(19-27(25)18-26)34(40)31-22(5)20(3)17-21(4)23(31)6;1-5-19(24(29)30-4)22(17-8-7-16-11-12-25-14-18(16)13-17)20-9-10-21-23(15(20)3)26-27-28(21)6-2;1-6-5-7(2)9(4)10(8(6)3)11(12)13;/h11-14,17-18,28,32H,9-10,15-16,19H2,1-8H3;7-10,13,19,22,25H,5-6,11-12,14H2,1-4H3;5H,1-4H3;1H4/t28?,32-;19?,22-;;/m11../s1. The topological polar surface area (TPSA) is 163 Å². The number of halogens is 1. The summed E-state index contributed by atoms with van der Waals surface area (Å²) in [7, 11) is 2.93. The number of nitrogens with zero attached hydrogens (tertiary/aromatic N) is 7. The number of fused-ring (bicyclic) bond motifs is 4. The summed E-state index contributed by atoms with van der Waals surface area (Å²) in [6.07, 6.45) is 3.17. The van der Waals surface area contributed by atoms with Crippen molar-refractivity contribution in [2.45, 2.75) is 168 Å². The predicted molar refractivity (Wildman–Crippen MR) is 346 cm³/mol. The molecule has 4 heterocycles.